The molecule has 0 fully saturated rings. The first-order valence-electron chi connectivity index (χ1n) is 8.91. The standard InChI is InChI=1S/C17H27N3O6S/c1-5-13(6-2)18-17(21)12-26-16-10-9-14(11-15(16)20(22)23)27(24,25)19(7-3)8-4/h9-11,13H,5-8,12H2,1-4H3,(H,18,21). The fourth-order valence-electron chi connectivity index (χ4n) is 2.54. The number of nitro benzene ring substituents is 1. The summed E-state index contributed by atoms with van der Waals surface area (Å²) in [5, 5.41) is 14.1. The van der Waals surface area contributed by atoms with Crippen molar-refractivity contribution in [2.24, 2.45) is 0 Å². The van der Waals surface area contributed by atoms with E-state index in [9.17, 15) is 23.3 Å². The SMILES string of the molecule is CCC(CC)NC(=O)COc1ccc(S(=O)(=O)N(CC)CC)cc1[N+](=O)[O-]. The molecular weight excluding hydrogens is 374 g/mol. The minimum Gasteiger partial charge on any atom is -0.477 e. The van der Waals surface area contributed by atoms with Gasteiger partial charge in [0.15, 0.2) is 12.4 Å². The molecule has 0 radical (unpaired) electrons. The van der Waals surface area contributed by atoms with Gasteiger partial charge in [0.05, 0.1) is 9.82 Å². The maximum Gasteiger partial charge on any atom is 0.312 e. The van der Waals surface area contributed by atoms with Crippen molar-refractivity contribution in [3.63, 3.8) is 0 Å². The molecule has 0 atom stereocenters. The van der Waals surface area contributed by atoms with Crippen LogP contribution in [0, 0.1) is 10.1 Å². The zero-order valence-corrected chi connectivity index (χ0v) is 16.9. The molecule has 0 aliphatic heterocycles. The Bertz CT molecular complexity index is 758. The van der Waals surface area contributed by atoms with E-state index in [0.717, 1.165) is 18.9 Å². The first kappa shape index (κ1) is 22.8. The summed E-state index contributed by atoms with van der Waals surface area (Å²) in [5.41, 5.74) is -0.501. The summed E-state index contributed by atoms with van der Waals surface area (Å²) in [4.78, 5) is 22.3. The van der Waals surface area contributed by atoms with Crippen LogP contribution in [0.5, 0.6) is 5.75 Å². The van der Waals surface area contributed by atoms with E-state index < -0.39 is 26.5 Å². The van der Waals surface area contributed by atoms with E-state index in [4.69, 9.17) is 4.74 Å². The summed E-state index contributed by atoms with van der Waals surface area (Å²) in [6.07, 6.45) is 1.53. The number of nitro groups is 1. The molecule has 9 nitrogen and oxygen atoms in total. The van der Waals surface area contributed by atoms with Crippen LogP contribution in [0.4, 0.5) is 5.69 Å². The minimum absolute atomic E-state index is 0.0117. The fourth-order valence-corrected chi connectivity index (χ4v) is 4.02. The lowest BCUT2D eigenvalue weighted by Gasteiger charge is -2.18. The first-order chi connectivity index (χ1) is 12.7. The van der Waals surface area contributed by atoms with Crippen LogP contribution >= 0.6 is 0 Å². The average molecular weight is 401 g/mol. The van der Waals surface area contributed by atoms with Crippen molar-refractivity contribution < 1.29 is 22.9 Å². The molecule has 0 heterocycles. The van der Waals surface area contributed by atoms with Crippen LogP contribution in [0.1, 0.15) is 40.5 Å². The van der Waals surface area contributed by atoms with Gasteiger partial charge in [-0.25, -0.2) is 8.42 Å². The van der Waals surface area contributed by atoms with Crippen molar-refractivity contribution in [3.05, 3.63) is 28.3 Å². The number of hydrogen-bond donors (Lipinski definition) is 1. The third kappa shape index (κ3) is 5.90. The summed E-state index contributed by atoms with van der Waals surface area (Å²) in [7, 11) is -3.83. The van der Waals surface area contributed by atoms with Gasteiger partial charge in [0, 0.05) is 25.2 Å². The molecule has 27 heavy (non-hydrogen) atoms. The molecule has 1 amide bonds. The highest BCUT2D eigenvalue weighted by atomic mass is 32.2. The van der Waals surface area contributed by atoms with E-state index >= 15 is 0 Å². The third-order valence-electron chi connectivity index (χ3n) is 4.18. The smallest absolute Gasteiger partial charge is 0.312 e. The van der Waals surface area contributed by atoms with Crippen LogP contribution in [-0.4, -0.2) is 49.3 Å². The highest BCUT2D eigenvalue weighted by Crippen LogP contribution is 2.30. The molecule has 1 N–H and O–H groups in total. The number of ether oxygens (including phenoxy) is 1. The van der Waals surface area contributed by atoms with Gasteiger partial charge in [0.1, 0.15) is 0 Å². The van der Waals surface area contributed by atoms with Gasteiger partial charge in [-0.05, 0) is 25.0 Å². The van der Waals surface area contributed by atoms with Gasteiger partial charge < -0.3 is 10.1 Å². The molecule has 0 unspecified atom stereocenters. The van der Waals surface area contributed by atoms with Crippen molar-refractivity contribution in [2.75, 3.05) is 19.7 Å². The van der Waals surface area contributed by atoms with Gasteiger partial charge in [-0.3, -0.25) is 14.9 Å². The molecule has 0 spiro atoms. The van der Waals surface area contributed by atoms with E-state index in [2.05, 4.69) is 5.32 Å². The second-order valence-corrected chi connectivity index (χ2v) is 7.78. The summed E-state index contributed by atoms with van der Waals surface area (Å²) in [6, 6.07) is 3.42. The first-order valence-corrected chi connectivity index (χ1v) is 10.4. The van der Waals surface area contributed by atoms with E-state index in [1.165, 1.54) is 16.4 Å². The lowest BCUT2D eigenvalue weighted by Crippen LogP contribution is -2.37. The Kier molecular flexibility index (Phi) is 8.64. The van der Waals surface area contributed by atoms with Crippen LogP contribution < -0.4 is 10.1 Å². The van der Waals surface area contributed by atoms with Gasteiger partial charge in [-0.1, -0.05) is 27.7 Å². The van der Waals surface area contributed by atoms with E-state index in [1.807, 2.05) is 13.8 Å². The van der Waals surface area contributed by atoms with Gasteiger partial charge in [0.25, 0.3) is 5.91 Å². The number of sulfonamides is 1. The van der Waals surface area contributed by atoms with Crippen LogP contribution in [0.15, 0.2) is 23.1 Å². The van der Waals surface area contributed by atoms with Crippen molar-refractivity contribution in [1.82, 2.24) is 9.62 Å². The highest BCUT2D eigenvalue weighted by Gasteiger charge is 2.26. The molecule has 0 saturated carbocycles. The largest absolute Gasteiger partial charge is 0.477 e. The predicted molar refractivity (Wildman–Crippen MR) is 101 cm³/mol. The molecule has 1 rings (SSSR count). The number of carbonyl (C=O) groups is 1. The van der Waals surface area contributed by atoms with Crippen molar-refractivity contribution in [1.29, 1.82) is 0 Å². The van der Waals surface area contributed by atoms with E-state index in [0.29, 0.717) is 0 Å². The molecule has 0 aromatic heterocycles. The number of carbonyl (C=O) groups excluding carboxylic acids is 1. The maximum atomic E-state index is 12.5. The zero-order chi connectivity index (χ0) is 20.6. The molecule has 10 heteroatoms. The van der Waals surface area contributed by atoms with Gasteiger partial charge in [-0.15, -0.1) is 0 Å². The van der Waals surface area contributed by atoms with Crippen LogP contribution in [-0.2, 0) is 14.8 Å². The second kappa shape index (κ2) is 10.2. The molecule has 152 valence electrons. The van der Waals surface area contributed by atoms with Gasteiger partial charge in [-0.2, -0.15) is 4.31 Å². The normalized spacial score (nSPS) is 11.6. The molecule has 1 aromatic carbocycles. The molecule has 0 aliphatic carbocycles. The lowest BCUT2D eigenvalue weighted by atomic mass is 10.2. The number of rotatable bonds is 11. The molecule has 0 saturated heterocycles. The summed E-state index contributed by atoms with van der Waals surface area (Å²) >= 11 is 0. The Hall–Kier alpha value is -2.20. The summed E-state index contributed by atoms with van der Waals surface area (Å²) < 4.78 is 31.5. The van der Waals surface area contributed by atoms with Crippen LogP contribution in [0.3, 0.4) is 0 Å². The average Bonchev–Trinajstić information content (AvgIpc) is 2.64. The second-order valence-electron chi connectivity index (χ2n) is 5.85. The Morgan fingerprint density at radius 1 is 1.22 bits per heavy atom. The number of benzene rings is 1. The number of nitrogens with one attached hydrogen (secondary N) is 1. The Balaban J connectivity index is 3.04. The third-order valence-corrected chi connectivity index (χ3v) is 6.23. The van der Waals surface area contributed by atoms with Crippen molar-refractivity contribution >= 4 is 21.6 Å². The molecule has 0 bridgehead atoms. The summed E-state index contributed by atoms with van der Waals surface area (Å²) in [5.74, 6) is -0.545. The molecule has 0 aliphatic rings. The summed E-state index contributed by atoms with van der Waals surface area (Å²) in [6.45, 7) is 7.36. The minimum atomic E-state index is -3.83. The Labute approximate surface area is 159 Å². The molecular formula is C17H27N3O6S. The van der Waals surface area contributed by atoms with Gasteiger partial charge >= 0.3 is 5.69 Å². The number of amides is 1. The quantitative estimate of drug-likeness (QED) is 0.449. The van der Waals surface area contributed by atoms with Crippen LogP contribution in [0.2, 0.25) is 0 Å². The highest BCUT2D eigenvalue weighted by molar-refractivity contribution is 7.89. The van der Waals surface area contributed by atoms with Crippen molar-refractivity contribution in [2.45, 2.75) is 51.5 Å². The monoisotopic (exact) mass is 401 g/mol. The Morgan fingerprint density at radius 3 is 2.30 bits per heavy atom. The lowest BCUT2D eigenvalue weighted by molar-refractivity contribution is -0.386. The van der Waals surface area contributed by atoms with E-state index in [1.54, 1.807) is 13.8 Å². The van der Waals surface area contributed by atoms with E-state index in [-0.39, 0.29) is 36.4 Å². The van der Waals surface area contributed by atoms with Gasteiger partial charge in [0.2, 0.25) is 10.0 Å². The molecule has 1 aromatic rings. The fraction of sp³-hybridized carbons (Fsp3) is 0.588. The van der Waals surface area contributed by atoms with Crippen molar-refractivity contribution in [3.8, 4) is 5.75 Å². The topological polar surface area (TPSA) is 119 Å². The number of nitrogens with zero attached hydrogens (tertiary/aromatic N) is 2. The zero-order valence-electron chi connectivity index (χ0n) is 16.1. The maximum absolute atomic E-state index is 12.5. The van der Waals surface area contributed by atoms with Crippen LogP contribution in [0.25, 0.3) is 0 Å². The number of hydrogen-bond acceptors (Lipinski definition) is 6. The predicted octanol–water partition coefficient (Wildman–Crippen LogP) is 2.31. The Morgan fingerprint density at radius 2 is 1.81 bits per heavy atom.